The Balaban J connectivity index is 1.95. The molecule has 2 heteroatoms. The minimum atomic E-state index is -0.299. The van der Waals surface area contributed by atoms with Gasteiger partial charge in [0.05, 0.1) is 5.60 Å². The van der Waals surface area contributed by atoms with Gasteiger partial charge in [0.2, 0.25) is 0 Å². The molecule has 0 heterocycles. The van der Waals surface area contributed by atoms with Gasteiger partial charge in [0.1, 0.15) is 0 Å². The number of hydrogen-bond donors (Lipinski definition) is 2. The third-order valence-corrected chi connectivity index (χ3v) is 4.31. The van der Waals surface area contributed by atoms with E-state index in [0.717, 1.165) is 25.2 Å². The van der Waals surface area contributed by atoms with E-state index in [1.807, 2.05) is 0 Å². The SMILES string of the molecule is N[C@H]1[C@@H]2CC3C[C@H]1C[C@@](O)(C3)C2. The summed E-state index contributed by atoms with van der Waals surface area (Å²) in [7, 11) is 0. The first kappa shape index (κ1) is 7.34. The van der Waals surface area contributed by atoms with Gasteiger partial charge in [-0.3, -0.25) is 0 Å². The summed E-state index contributed by atoms with van der Waals surface area (Å²) in [6.07, 6.45) is 5.62. The second-order valence-electron chi connectivity index (χ2n) is 5.27. The van der Waals surface area contributed by atoms with E-state index in [0.29, 0.717) is 17.9 Å². The largest absolute Gasteiger partial charge is 0.390 e. The number of hydrogen-bond acceptors (Lipinski definition) is 2. The fourth-order valence-electron chi connectivity index (χ4n) is 4.02. The highest BCUT2D eigenvalue weighted by atomic mass is 16.3. The monoisotopic (exact) mass is 167 g/mol. The molecule has 4 fully saturated rings. The predicted octanol–water partition coefficient (Wildman–Crippen LogP) is 0.885. The van der Waals surface area contributed by atoms with E-state index in [1.165, 1.54) is 12.8 Å². The van der Waals surface area contributed by atoms with Crippen LogP contribution in [0.25, 0.3) is 0 Å². The van der Waals surface area contributed by atoms with Gasteiger partial charge >= 0.3 is 0 Å². The van der Waals surface area contributed by atoms with Gasteiger partial charge in [0, 0.05) is 6.04 Å². The molecule has 68 valence electrons. The van der Waals surface area contributed by atoms with Gasteiger partial charge in [-0.25, -0.2) is 0 Å². The maximum absolute atomic E-state index is 10.2. The molecule has 0 aromatic carbocycles. The van der Waals surface area contributed by atoms with E-state index in [9.17, 15) is 5.11 Å². The van der Waals surface area contributed by atoms with Crippen LogP contribution in [0.15, 0.2) is 0 Å². The molecule has 4 aliphatic carbocycles. The summed E-state index contributed by atoms with van der Waals surface area (Å²) in [5, 5.41) is 10.2. The molecule has 4 saturated carbocycles. The van der Waals surface area contributed by atoms with Crippen molar-refractivity contribution in [1.82, 2.24) is 0 Å². The maximum Gasteiger partial charge on any atom is 0.0657 e. The molecule has 0 spiro atoms. The Morgan fingerprint density at radius 1 is 1.08 bits per heavy atom. The summed E-state index contributed by atoms with van der Waals surface area (Å²) < 4.78 is 0. The Kier molecular flexibility index (Phi) is 1.25. The van der Waals surface area contributed by atoms with Crippen LogP contribution in [0, 0.1) is 17.8 Å². The zero-order chi connectivity index (χ0) is 8.34. The van der Waals surface area contributed by atoms with E-state index < -0.39 is 0 Å². The molecule has 1 unspecified atom stereocenters. The predicted molar refractivity (Wildman–Crippen MR) is 46.5 cm³/mol. The molecule has 4 aliphatic rings. The van der Waals surface area contributed by atoms with Crippen LogP contribution in [-0.4, -0.2) is 16.7 Å². The van der Waals surface area contributed by atoms with Crippen molar-refractivity contribution in [1.29, 1.82) is 0 Å². The summed E-state index contributed by atoms with van der Waals surface area (Å²) in [6.45, 7) is 0. The lowest BCUT2D eigenvalue weighted by Gasteiger charge is -2.57. The minimum Gasteiger partial charge on any atom is -0.390 e. The van der Waals surface area contributed by atoms with Crippen molar-refractivity contribution < 1.29 is 5.11 Å². The van der Waals surface area contributed by atoms with Crippen LogP contribution < -0.4 is 5.73 Å². The fraction of sp³-hybridized carbons (Fsp3) is 1.00. The Labute approximate surface area is 73.1 Å². The molecule has 2 nitrogen and oxygen atoms in total. The number of rotatable bonds is 0. The van der Waals surface area contributed by atoms with E-state index >= 15 is 0 Å². The van der Waals surface area contributed by atoms with Gasteiger partial charge in [-0.1, -0.05) is 0 Å². The average molecular weight is 167 g/mol. The quantitative estimate of drug-likeness (QED) is 0.562. The Hall–Kier alpha value is -0.0800. The van der Waals surface area contributed by atoms with Gasteiger partial charge < -0.3 is 10.8 Å². The lowest BCUT2D eigenvalue weighted by atomic mass is 9.52. The Morgan fingerprint density at radius 2 is 1.67 bits per heavy atom. The van der Waals surface area contributed by atoms with Gasteiger partial charge in [-0.15, -0.1) is 0 Å². The highest BCUT2D eigenvalue weighted by Gasteiger charge is 2.53. The van der Waals surface area contributed by atoms with Crippen LogP contribution in [0.3, 0.4) is 0 Å². The molecule has 4 rings (SSSR count). The van der Waals surface area contributed by atoms with Crippen molar-refractivity contribution in [2.75, 3.05) is 0 Å². The molecule has 5 atom stereocenters. The third-order valence-electron chi connectivity index (χ3n) is 4.31. The van der Waals surface area contributed by atoms with Crippen molar-refractivity contribution in [2.24, 2.45) is 23.5 Å². The molecular weight excluding hydrogens is 150 g/mol. The normalized spacial score (nSPS) is 62.5. The van der Waals surface area contributed by atoms with Crippen LogP contribution >= 0.6 is 0 Å². The maximum atomic E-state index is 10.2. The van der Waals surface area contributed by atoms with Crippen LogP contribution in [0.2, 0.25) is 0 Å². The summed E-state index contributed by atoms with van der Waals surface area (Å²) in [6, 6.07) is 0.404. The molecule has 4 bridgehead atoms. The first-order chi connectivity index (χ1) is 5.66. The third kappa shape index (κ3) is 0.826. The molecule has 0 aromatic rings. The van der Waals surface area contributed by atoms with Gasteiger partial charge in [-0.05, 0) is 49.9 Å². The second-order valence-corrected chi connectivity index (χ2v) is 5.27. The summed E-state index contributed by atoms with van der Waals surface area (Å²) in [5.74, 6) is 2.08. The first-order valence-corrected chi connectivity index (χ1v) is 5.14. The smallest absolute Gasteiger partial charge is 0.0657 e. The Bertz CT molecular complexity index is 200. The number of aliphatic hydroxyl groups is 1. The first-order valence-electron chi connectivity index (χ1n) is 5.14. The van der Waals surface area contributed by atoms with E-state index in [-0.39, 0.29) is 5.60 Å². The van der Waals surface area contributed by atoms with Gasteiger partial charge in [0.25, 0.3) is 0 Å². The van der Waals surface area contributed by atoms with Gasteiger partial charge in [-0.2, -0.15) is 0 Å². The zero-order valence-electron chi connectivity index (χ0n) is 7.37. The summed E-state index contributed by atoms with van der Waals surface area (Å²) >= 11 is 0. The van der Waals surface area contributed by atoms with Crippen LogP contribution in [0.5, 0.6) is 0 Å². The standard InChI is InChI=1S/C10H17NO/c11-9-7-1-6-2-8(9)5-10(12,3-6)4-7/h6-9,12H,1-5,11H2/t6?,7-,8+,9+,10-. The van der Waals surface area contributed by atoms with Crippen LogP contribution in [0.4, 0.5) is 0 Å². The molecule has 0 saturated heterocycles. The van der Waals surface area contributed by atoms with E-state index in [1.54, 1.807) is 0 Å². The molecular formula is C10H17NO. The lowest BCUT2D eigenvalue weighted by molar-refractivity contribution is -0.132. The molecule has 12 heavy (non-hydrogen) atoms. The fourth-order valence-corrected chi connectivity index (χ4v) is 4.02. The molecule has 0 radical (unpaired) electrons. The second kappa shape index (κ2) is 2.05. The molecule has 0 aromatic heterocycles. The average Bonchev–Trinajstić information content (AvgIpc) is 1.96. The summed E-state index contributed by atoms with van der Waals surface area (Å²) in [5.41, 5.74) is 5.82. The van der Waals surface area contributed by atoms with Crippen LogP contribution in [-0.2, 0) is 0 Å². The van der Waals surface area contributed by atoms with Crippen molar-refractivity contribution in [2.45, 2.75) is 43.7 Å². The van der Waals surface area contributed by atoms with Crippen molar-refractivity contribution in [3.63, 3.8) is 0 Å². The van der Waals surface area contributed by atoms with Crippen molar-refractivity contribution in [3.05, 3.63) is 0 Å². The highest BCUT2D eigenvalue weighted by molar-refractivity contribution is 5.06. The highest BCUT2D eigenvalue weighted by Crippen LogP contribution is 2.54. The van der Waals surface area contributed by atoms with E-state index in [2.05, 4.69) is 0 Å². The molecule has 0 amide bonds. The topological polar surface area (TPSA) is 46.2 Å². The summed E-state index contributed by atoms with van der Waals surface area (Å²) in [4.78, 5) is 0. The van der Waals surface area contributed by atoms with Crippen molar-refractivity contribution in [3.8, 4) is 0 Å². The van der Waals surface area contributed by atoms with Crippen molar-refractivity contribution >= 4 is 0 Å². The van der Waals surface area contributed by atoms with Crippen LogP contribution in [0.1, 0.15) is 32.1 Å². The minimum absolute atomic E-state index is 0.299. The number of nitrogens with two attached hydrogens (primary N) is 1. The molecule has 3 N–H and O–H groups in total. The Morgan fingerprint density at radius 3 is 2.17 bits per heavy atom. The molecule has 0 aliphatic heterocycles. The van der Waals surface area contributed by atoms with Gasteiger partial charge in [0.15, 0.2) is 0 Å². The lowest BCUT2D eigenvalue weighted by Crippen LogP contribution is -2.59. The zero-order valence-corrected chi connectivity index (χ0v) is 7.37. The van der Waals surface area contributed by atoms with E-state index in [4.69, 9.17) is 5.73 Å².